The maximum absolute atomic E-state index is 15.1. The number of allylic oxidation sites excluding steroid dienone is 2. The van der Waals surface area contributed by atoms with Gasteiger partial charge in [0.2, 0.25) is 0 Å². The fourth-order valence-electron chi connectivity index (χ4n) is 13.4. The first-order valence-corrected chi connectivity index (χ1v) is 20.7. The van der Waals surface area contributed by atoms with Gasteiger partial charge in [-0.15, -0.1) is 0 Å². The van der Waals surface area contributed by atoms with Crippen LogP contribution in [0.5, 0.6) is 0 Å². The van der Waals surface area contributed by atoms with Crippen molar-refractivity contribution in [2.75, 3.05) is 7.11 Å². The van der Waals surface area contributed by atoms with Gasteiger partial charge in [-0.2, -0.15) is 5.10 Å². The lowest BCUT2D eigenvalue weighted by Gasteiger charge is -2.70. The molecule has 2 unspecified atom stereocenters. The van der Waals surface area contributed by atoms with E-state index in [1.54, 1.807) is 0 Å². The van der Waals surface area contributed by atoms with Gasteiger partial charge in [-0.25, -0.2) is 0 Å². The van der Waals surface area contributed by atoms with Crippen molar-refractivity contribution >= 4 is 17.7 Å². The minimum absolute atomic E-state index is 0.00259. The number of carbonyl (C=O) groups excluding carboxylic acids is 3. The summed E-state index contributed by atoms with van der Waals surface area (Å²) in [5.41, 5.74) is 1.64. The number of ketones is 1. The van der Waals surface area contributed by atoms with Crippen LogP contribution in [0, 0.1) is 57.2 Å². The number of aryl methyl sites for hydroxylation is 1. The van der Waals surface area contributed by atoms with Crippen molar-refractivity contribution in [3.8, 4) is 0 Å². The van der Waals surface area contributed by atoms with Crippen molar-refractivity contribution in [1.82, 2.24) is 9.78 Å². The molecule has 292 valence electrons. The van der Waals surface area contributed by atoms with Gasteiger partial charge in [0.25, 0.3) is 0 Å². The van der Waals surface area contributed by atoms with E-state index in [0.29, 0.717) is 6.42 Å². The van der Waals surface area contributed by atoms with Gasteiger partial charge in [-0.3, -0.25) is 19.1 Å². The minimum Gasteiger partial charge on any atom is -0.469 e. The van der Waals surface area contributed by atoms with Crippen LogP contribution in [-0.4, -0.2) is 34.6 Å². The van der Waals surface area contributed by atoms with Crippen LogP contribution in [-0.2, 0) is 23.9 Å². The Kier molecular flexibility index (Phi) is 8.98. The van der Waals surface area contributed by atoms with Gasteiger partial charge in [0.05, 0.1) is 29.7 Å². The zero-order valence-electron chi connectivity index (χ0n) is 34.2. The van der Waals surface area contributed by atoms with Gasteiger partial charge in [-0.05, 0) is 135 Å². The second kappa shape index (κ2) is 13.0. The highest BCUT2D eigenvalue weighted by Gasteiger charge is 2.72. The predicted molar refractivity (Wildman–Crippen MR) is 213 cm³/mol. The summed E-state index contributed by atoms with van der Waals surface area (Å²) in [6.07, 6.45) is 11.3. The number of methoxy groups -OCH3 is 1. The molecule has 1 aromatic heterocycles. The number of rotatable bonds is 6. The van der Waals surface area contributed by atoms with Crippen molar-refractivity contribution < 1.29 is 23.9 Å². The topological polar surface area (TPSA) is 87.5 Å². The van der Waals surface area contributed by atoms with E-state index < -0.39 is 22.3 Å². The van der Waals surface area contributed by atoms with Crippen LogP contribution in [0.15, 0.2) is 84.6 Å². The number of fused-ring (bicyclic) bond motifs is 7. The number of carbonyl (C=O) groups is 3. The van der Waals surface area contributed by atoms with Crippen LogP contribution in [0.1, 0.15) is 128 Å². The van der Waals surface area contributed by atoms with Gasteiger partial charge in [0.15, 0.2) is 11.9 Å². The minimum atomic E-state index is -0.833. The van der Waals surface area contributed by atoms with Crippen LogP contribution >= 0.6 is 0 Å². The van der Waals surface area contributed by atoms with Crippen LogP contribution in [0.3, 0.4) is 0 Å². The Balaban J connectivity index is 1.14. The summed E-state index contributed by atoms with van der Waals surface area (Å²) >= 11 is 0. The van der Waals surface area contributed by atoms with Crippen LogP contribution in [0.2, 0.25) is 0 Å². The van der Waals surface area contributed by atoms with E-state index in [-0.39, 0.29) is 57.8 Å². The van der Waals surface area contributed by atoms with Crippen LogP contribution < -0.4 is 0 Å². The quantitative estimate of drug-likeness (QED) is 0.234. The Bertz CT molecular complexity index is 1980. The summed E-state index contributed by atoms with van der Waals surface area (Å²) in [6, 6.07) is 21.9. The number of esters is 2. The van der Waals surface area contributed by atoms with E-state index in [1.807, 2.05) is 90.6 Å². The normalized spacial score (nSPS) is 39.5. The van der Waals surface area contributed by atoms with Gasteiger partial charge in [-0.1, -0.05) is 93.9 Å². The Hall–Kier alpha value is -4.00. The fraction of sp³-hybridized carbons (Fsp3) is 0.583. The van der Waals surface area contributed by atoms with E-state index in [4.69, 9.17) is 14.6 Å². The smallest absolute Gasteiger partial charge is 0.314 e. The van der Waals surface area contributed by atoms with Crippen LogP contribution in [0.25, 0.3) is 0 Å². The molecule has 8 rings (SSSR count). The molecule has 3 aromatic rings. The van der Waals surface area contributed by atoms with Crippen molar-refractivity contribution in [2.45, 2.75) is 118 Å². The summed E-state index contributed by atoms with van der Waals surface area (Å²) in [4.78, 5) is 43.7. The Morgan fingerprint density at radius 3 is 2.04 bits per heavy atom. The van der Waals surface area contributed by atoms with E-state index >= 15 is 4.79 Å². The third-order valence-corrected chi connectivity index (χ3v) is 16.8. The average molecular weight is 745 g/mol. The molecule has 10 atom stereocenters. The second-order valence-corrected chi connectivity index (χ2v) is 19.6. The molecule has 4 saturated carbocycles. The molecule has 2 aromatic carbocycles. The fourth-order valence-corrected chi connectivity index (χ4v) is 13.4. The molecule has 7 nitrogen and oxygen atoms in total. The first-order valence-electron chi connectivity index (χ1n) is 20.7. The predicted octanol–water partition coefficient (Wildman–Crippen LogP) is 10.2. The molecule has 0 N–H and O–H groups in total. The highest BCUT2D eigenvalue weighted by atomic mass is 16.5. The molecular formula is C48H60N2O5. The summed E-state index contributed by atoms with van der Waals surface area (Å²) in [5, 5.41) is 4.80. The highest BCUT2D eigenvalue weighted by Crippen LogP contribution is 2.76. The zero-order chi connectivity index (χ0) is 39.2. The number of hydrogen-bond acceptors (Lipinski definition) is 6. The summed E-state index contributed by atoms with van der Waals surface area (Å²) in [7, 11) is 1.50. The molecule has 5 aliphatic rings. The number of benzene rings is 2. The summed E-state index contributed by atoms with van der Waals surface area (Å²) in [5.74, 6) is -0.338. The first-order chi connectivity index (χ1) is 26.0. The lowest BCUT2D eigenvalue weighted by Crippen LogP contribution is -2.67. The van der Waals surface area contributed by atoms with E-state index in [2.05, 4.69) is 41.5 Å². The summed E-state index contributed by atoms with van der Waals surface area (Å²) in [6.45, 7) is 15.7. The first kappa shape index (κ1) is 37.9. The van der Waals surface area contributed by atoms with Gasteiger partial charge < -0.3 is 9.47 Å². The van der Waals surface area contributed by atoms with E-state index in [0.717, 1.165) is 68.2 Å². The maximum Gasteiger partial charge on any atom is 0.314 e. The maximum atomic E-state index is 15.1. The average Bonchev–Trinajstić information content (AvgIpc) is 3.60. The Morgan fingerprint density at radius 1 is 0.800 bits per heavy atom. The Labute approximate surface area is 327 Å². The number of nitrogens with zero attached hydrogens (tertiary/aromatic N) is 2. The molecule has 0 spiro atoms. The van der Waals surface area contributed by atoms with E-state index in [1.165, 1.54) is 12.7 Å². The highest BCUT2D eigenvalue weighted by molar-refractivity contribution is 5.96. The lowest BCUT2D eigenvalue weighted by molar-refractivity contribution is -0.207. The summed E-state index contributed by atoms with van der Waals surface area (Å²) < 4.78 is 14.1. The lowest BCUT2D eigenvalue weighted by atomic mass is 9.33. The molecule has 7 heteroatoms. The molecule has 55 heavy (non-hydrogen) atoms. The molecule has 0 bridgehead atoms. The van der Waals surface area contributed by atoms with Crippen molar-refractivity contribution in [2.24, 2.45) is 50.2 Å². The van der Waals surface area contributed by atoms with Gasteiger partial charge in [0.1, 0.15) is 0 Å². The van der Waals surface area contributed by atoms with Crippen molar-refractivity contribution in [1.29, 1.82) is 0 Å². The van der Waals surface area contributed by atoms with Crippen molar-refractivity contribution in [3.05, 3.63) is 101 Å². The standard InChI is InChI=1S/C48H60N2O5/c1-31-21-28-50(49-31)38-20-22-45(4)37(48(38,7)42(53)54-8)19-23-47(6)40(45)36(51)29-34-35-30-44(3,25-24-43(35,2)26-27-46(34,47)5)41(52)55-39(32-15-11-9-12-16-32)33-17-13-10-14-18-33/h9-18,21,28-29,35,37-40H,19-20,22-27,30H2,1-8H3/t35-,37?,38-,40?,43+,44-,45-,46+,47+,48-/m0/s1. The van der Waals surface area contributed by atoms with Gasteiger partial charge in [0, 0.05) is 12.1 Å². The van der Waals surface area contributed by atoms with E-state index in [9.17, 15) is 9.59 Å². The third-order valence-electron chi connectivity index (χ3n) is 16.8. The number of ether oxygens (including phenoxy) is 2. The van der Waals surface area contributed by atoms with Crippen molar-refractivity contribution in [3.63, 3.8) is 0 Å². The molecule has 0 aliphatic heterocycles. The molecule has 5 aliphatic carbocycles. The molecule has 4 fully saturated rings. The SMILES string of the molecule is COC(=O)[C@@]1(C)C2CC[C@]3(C)C(C(=O)C=C4[C@@H]5C[C@@](C)(C(=O)OC(c6ccccc6)c6ccccc6)CC[C@]5(C)CC[C@]43C)[C@@]2(C)CC[C@@H]1n1ccc(C)n1. The Morgan fingerprint density at radius 2 is 1.44 bits per heavy atom. The van der Waals surface area contributed by atoms with Crippen LogP contribution in [0.4, 0.5) is 0 Å². The molecule has 1 heterocycles. The zero-order valence-corrected chi connectivity index (χ0v) is 34.2. The largest absolute Gasteiger partial charge is 0.469 e. The third kappa shape index (κ3) is 5.48. The molecule has 0 radical (unpaired) electrons. The molecular weight excluding hydrogens is 685 g/mol. The second-order valence-electron chi connectivity index (χ2n) is 19.6. The number of aromatic nitrogens is 2. The number of hydrogen-bond donors (Lipinski definition) is 0. The van der Waals surface area contributed by atoms with Gasteiger partial charge >= 0.3 is 11.9 Å². The molecule has 0 amide bonds. The molecule has 0 saturated heterocycles. The monoisotopic (exact) mass is 744 g/mol.